The first-order valence-electron chi connectivity index (χ1n) is 6.48. The van der Waals surface area contributed by atoms with Crippen molar-refractivity contribution < 1.29 is 8.87 Å². The molecule has 0 amide bonds. The van der Waals surface area contributed by atoms with Crippen molar-refractivity contribution in [3.63, 3.8) is 0 Å². The number of rotatable bonds is 3. The van der Waals surface area contributed by atoms with E-state index in [9.17, 15) is 4.39 Å². The van der Waals surface area contributed by atoms with E-state index >= 15 is 0 Å². The summed E-state index contributed by atoms with van der Waals surface area (Å²) in [5, 5.41) is 0. The van der Waals surface area contributed by atoms with Crippen LogP contribution in [0.15, 0.2) is 24.3 Å². The third kappa shape index (κ3) is 3.09. The van der Waals surface area contributed by atoms with Gasteiger partial charge in [-0.05, 0) is 24.5 Å². The number of nitrogens with zero attached hydrogens (tertiary/aromatic N) is 1. The molecular weight excluding hydrogens is 227 g/mol. The lowest BCUT2D eigenvalue weighted by molar-refractivity contribution is -0.874. The summed E-state index contributed by atoms with van der Waals surface area (Å²) in [5.41, 5.74) is 0.995. The van der Waals surface area contributed by atoms with Gasteiger partial charge in [-0.25, -0.2) is 4.39 Å². The molecule has 102 valence electrons. The van der Waals surface area contributed by atoms with Crippen molar-refractivity contribution in [2.75, 3.05) is 27.7 Å². The van der Waals surface area contributed by atoms with Gasteiger partial charge in [0.2, 0.25) is 0 Å². The van der Waals surface area contributed by atoms with Crippen LogP contribution in [0.5, 0.6) is 0 Å². The normalized spacial score (nSPS) is 18.4. The number of likely N-dealkylation sites (N-methyl/N-ethyl adjacent to an activating group) is 1. The standard InChI is InChI=1S/C15H23FN.H3N/c1-17(2,3)12-15(10-6-7-11-15)13-8-4-5-9-14(13)16;/h4-5,8-9H,6-7,10-12H2,1-3H3;1H3/q+1;. The summed E-state index contributed by atoms with van der Waals surface area (Å²) < 4.78 is 15.0. The van der Waals surface area contributed by atoms with E-state index in [-0.39, 0.29) is 17.4 Å². The molecule has 1 saturated carbocycles. The van der Waals surface area contributed by atoms with Crippen molar-refractivity contribution in [2.24, 2.45) is 0 Å². The fourth-order valence-electron chi connectivity index (χ4n) is 3.36. The average Bonchev–Trinajstić information content (AvgIpc) is 2.65. The molecule has 0 unspecified atom stereocenters. The van der Waals surface area contributed by atoms with Gasteiger partial charge >= 0.3 is 0 Å². The molecule has 1 aliphatic carbocycles. The summed E-state index contributed by atoms with van der Waals surface area (Å²) in [6.45, 7) is 1.02. The number of hydrogen-bond acceptors (Lipinski definition) is 1. The van der Waals surface area contributed by atoms with E-state index in [2.05, 4.69) is 21.1 Å². The zero-order valence-electron chi connectivity index (χ0n) is 11.9. The molecule has 0 heterocycles. The molecular formula is C15H26FN2+. The molecule has 0 aliphatic heterocycles. The molecule has 0 saturated heterocycles. The lowest BCUT2D eigenvalue weighted by Crippen LogP contribution is -2.46. The monoisotopic (exact) mass is 253 g/mol. The first kappa shape index (κ1) is 15.1. The Bertz CT molecular complexity index is 390. The summed E-state index contributed by atoms with van der Waals surface area (Å²) in [7, 11) is 6.59. The summed E-state index contributed by atoms with van der Waals surface area (Å²) in [5.74, 6) is -0.0251. The molecule has 1 fully saturated rings. The van der Waals surface area contributed by atoms with Crippen molar-refractivity contribution in [1.29, 1.82) is 0 Å². The van der Waals surface area contributed by atoms with Crippen LogP contribution >= 0.6 is 0 Å². The summed E-state index contributed by atoms with van der Waals surface area (Å²) in [6.07, 6.45) is 4.72. The van der Waals surface area contributed by atoms with E-state index in [1.54, 1.807) is 12.1 Å². The maximum atomic E-state index is 14.1. The van der Waals surface area contributed by atoms with Crippen molar-refractivity contribution in [3.8, 4) is 0 Å². The highest BCUT2D eigenvalue weighted by atomic mass is 19.1. The molecule has 1 aliphatic rings. The van der Waals surface area contributed by atoms with Crippen molar-refractivity contribution in [2.45, 2.75) is 31.1 Å². The molecule has 3 heteroatoms. The highest BCUT2D eigenvalue weighted by molar-refractivity contribution is 5.28. The Morgan fingerprint density at radius 3 is 2.17 bits per heavy atom. The minimum atomic E-state index is -0.0251. The zero-order chi connectivity index (χ0) is 12.5. The van der Waals surface area contributed by atoms with E-state index in [4.69, 9.17) is 0 Å². The molecule has 0 radical (unpaired) electrons. The van der Waals surface area contributed by atoms with Crippen LogP contribution < -0.4 is 6.15 Å². The van der Waals surface area contributed by atoms with E-state index in [0.717, 1.165) is 29.4 Å². The van der Waals surface area contributed by atoms with Gasteiger partial charge in [0, 0.05) is 5.41 Å². The largest absolute Gasteiger partial charge is 0.344 e. The Balaban J connectivity index is 0.00000162. The van der Waals surface area contributed by atoms with E-state index in [0.29, 0.717) is 0 Å². The van der Waals surface area contributed by atoms with E-state index < -0.39 is 0 Å². The number of halogens is 1. The van der Waals surface area contributed by atoms with E-state index in [1.807, 2.05) is 12.1 Å². The smallest absolute Gasteiger partial charge is 0.127 e. The lowest BCUT2D eigenvalue weighted by Gasteiger charge is -2.37. The third-order valence-electron chi connectivity index (χ3n) is 3.78. The van der Waals surface area contributed by atoms with Gasteiger partial charge in [0.25, 0.3) is 0 Å². The fourth-order valence-corrected chi connectivity index (χ4v) is 3.36. The van der Waals surface area contributed by atoms with Gasteiger partial charge in [-0.1, -0.05) is 31.0 Å². The topological polar surface area (TPSA) is 35.0 Å². The van der Waals surface area contributed by atoms with Crippen LogP contribution in [0, 0.1) is 5.82 Å². The average molecular weight is 253 g/mol. The van der Waals surface area contributed by atoms with Crippen molar-refractivity contribution in [3.05, 3.63) is 35.6 Å². The fraction of sp³-hybridized carbons (Fsp3) is 0.600. The predicted molar refractivity (Wildman–Crippen MR) is 74.5 cm³/mol. The molecule has 0 aromatic heterocycles. The van der Waals surface area contributed by atoms with Crippen molar-refractivity contribution >= 4 is 0 Å². The number of benzene rings is 1. The Morgan fingerprint density at radius 1 is 1.11 bits per heavy atom. The second-order valence-corrected chi connectivity index (χ2v) is 6.42. The van der Waals surface area contributed by atoms with Gasteiger partial charge in [0.05, 0.1) is 27.7 Å². The lowest BCUT2D eigenvalue weighted by atomic mass is 9.77. The molecule has 0 atom stereocenters. The van der Waals surface area contributed by atoms with Crippen LogP contribution in [0.3, 0.4) is 0 Å². The Morgan fingerprint density at radius 2 is 1.67 bits per heavy atom. The van der Waals surface area contributed by atoms with Crippen LogP contribution in [-0.4, -0.2) is 32.2 Å². The van der Waals surface area contributed by atoms with Gasteiger partial charge < -0.3 is 10.6 Å². The van der Waals surface area contributed by atoms with Crippen LogP contribution in [-0.2, 0) is 5.41 Å². The van der Waals surface area contributed by atoms with Crippen LogP contribution in [0.1, 0.15) is 31.2 Å². The second kappa shape index (κ2) is 5.37. The first-order chi connectivity index (χ1) is 7.93. The highest BCUT2D eigenvalue weighted by Gasteiger charge is 2.41. The minimum Gasteiger partial charge on any atom is -0.344 e. The summed E-state index contributed by atoms with van der Waals surface area (Å²) in [4.78, 5) is 0. The SMILES string of the molecule is C[N+](C)(C)CC1(c2ccccc2F)CCCC1.N. The van der Waals surface area contributed by atoms with Crippen LogP contribution in [0.4, 0.5) is 4.39 Å². The minimum absolute atomic E-state index is 0. The van der Waals surface area contributed by atoms with Gasteiger partial charge in [-0.3, -0.25) is 0 Å². The maximum Gasteiger partial charge on any atom is 0.127 e. The van der Waals surface area contributed by atoms with Crippen molar-refractivity contribution in [1.82, 2.24) is 6.15 Å². The molecule has 3 N–H and O–H groups in total. The predicted octanol–water partition coefficient (Wildman–Crippen LogP) is 3.51. The molecule has 1 aromatic carbocycles. The molecule has 2 rings (SSSR count). The first-order valence-corrected chi connectivity index (χ1v) is 6.48. The van der Waals surface area contributed by atoms with Gasteiger partial charge in [-0.15, -0.1) is 0 Å². The van der Waals surface area contributed by atoms with E-state index in [1.165, 1.54) is 12.8 Å². The summed E-state index contributed by atoms with van der Waals surface area (Å²) in [6, 6.07) is 7.34. The third-order valence-corrected chi connectivity index (χ3v) is 3.78. The molecule has 0 spiro atoms. The van der Waals surface area contributed by atoms with Gasteiger partial charge in [0.1, 0.15) is 5.82 Å². The number of hydrogen-bond donors (Lipinski definition) is 1. The Kier molecular flexibility index (Phi) is 4.51. The Hall–Kier alpha value is -0.930. The quantitative estimate of drug-likeness (QED) is 0.822. The molecule has 0 bridgehead atoms. The Labute approximate surface area is 110 Å². The highest BCUT2D eigenvalue weighted by Crippen LogP contribution is 2.43. The molecule has 2 nitrogen and oxygen atoms in total. The van der Waals surface area contributed by atoms with Gasteiger partial charge in [0.15, 0.2) is 0 Å². The molecule has 18 heavy (non-hydrogen) atoms. The number of quaternary nitrogens is 1. The van der Waals surface area contributed by atoms with Gasteiger partial charge in [-0.2, -0.15) is 0 Å². The van der Waals surface area contributed by atoms with Crippen LogP contribution in [0.25, 0.3) is 0 Å². The zero-order valence-corrected chi connectivity index (χ0v) is 11.9. The molecule has 1 aromatic rings. The van der Waals surface area contributed by atoms with Crippen LogP contribution in [0.2, 0.25) is 0 Å². The summed E-state index contributed by atoms with van der Waals surface area (Å²) >= 11 is 0. The second-order valence-electron chi connectivity index (χ2n) is 6.42. The maximum absolute atomic E-state index is 14.1.